The minimum Gasteiger partial charge on any atom is -0.267 e. The number of non-ortho nitro benzene ring substituents is 2. The van der Waals surface area contributed by atoms with E-state index in [-0.39, 0.29) is 16.9 Å². The molecule has 1 amide bonds. The number of carbonyl (C=O) groups excluding carboxylic acids is 1. The molecule has 0 unspecified atom stereocenters. The smallest absolute Gasteiger partial charge is 0.267 e. The van der Waals surface area contributed by atoms with E-state index < -0.39 is 15.8 Å². The maximum absolute atomic E-state index is 12.4. The van der Waals surface area contributed by atoms with E-state index in [2.05, 4.69) is 15.6 Å². The van der Waals surface area contributed by atoms with Crippen LogP contribution in [0.5, 0.6) is 0 Å². The van der Waals surface area contributed by atoms with Crippen molar-refractivity contribution in [3.8, 4) is 16.9 Å². The SMILES string of the molecule is O=C(NN=Cc1cn(-c2ccccc2)nc1-c1ccc([N+](=O)[O-])cc1)c1cccc([N+](=O)[O-])c1. The highest BCUT2D eigenvalue weighted by molar-refractivity contribution is 5.96. The molecule has 168 valence electrons. The number of benzene rings is 3. The zero-order chi connectivity index (χ0) is 24.1. The van der Waals surface area contributed by atoms with Gasteiger partial charge in [0.15, 0.2) is 0 Å². The second-order valence-corrected chi connectivity index (χ2v) is 7.02. The summed E-state index contributed by atoms with van der Waals surface area (Å²) in [6, 6.07) is 20.5. The van der Waals surface area contributed by atoms with Crippen molar-refractivity contribution in [2.75, 3.05) is 0 Å². The molecule has 0 aliphatic rings. The second kappa shape index (κ2) is 9.53. The number of hydrogen-bond acceptors (Lipinski definition) is 7. The third kappa shape index (κ3) is 4.83. The topological polar surface area (TPSA) is 146 Å². The van der Waals surface area contributed by atoms with Gasteiger partial charge in [-0.1, -0.05) is 24.3 Å². The van der Waals surface area contributed by atoms with Crippen molar-refractivity contribution in [2.45, 2.75) is 0 Å². The predicted octanol–water partition coefficient (Wildman–Crippen LogP) is 4.12. The Balaban J connectivity index is 1.63. The molecule has 1 N–H and O–H groups in total. The average Bonchev–Trinajstić information content (AvgIpc) is 3.29. The quantitative estimate of drug-likeness (QED) is 0.251. The van der Waals surface area contributed by atoms with Gasteiger partial charge in [-0.2, -0.15) is 10.2 Å². The Morgan fingerprint density at radius 1 is 0.912 bits per heavy atom. The lowest BCUT2D eigenvalue weighted by Crippen LogP contribution is -2.17. The Morgan fingerprint density at radius 2 is 1.62 bits per heavy atom. The molecule has 3 aromatic carbocycles. The van der Waals surface area contributed by atoms with Crippen LogP contribution in [0, 0.1) is 20.2 Å². The van der Waals surface area contributed by atoms with E-state index in [0.717, 1.165) is 11.8 Å². The van der Waals surface area contributed by atoms with Crippen molar-refractivity contribution in [1.82, 2.24) is 15.2 Å². The van der Waals surface area contributed by atoms with Crippen LogP contribution in [-0.4, -0.2) is 31.7 Å². The van der Waals surface area contributed by atoms with E-state index in [4.69, 9.17) is 0 Å². The van der Waals surface area contributed by atoms with Crippen LogP contribution < -0.4 is 5.43 Å². The first-order valence-corrected chi connectivity index (χ1v) is 9.90. The monoisotopic (exact) mass is 456 g/mol. The van der Waals surface area contributed by atoms with Gasteiger partial charge in [-0.25, -0.2) is 10.1 Å². The Kier molecular flexibility index (Phi) is 6.17. The summed E-state index contributed by atoms with van der Waals surface area (Å²) in [5.74, 6) is -0.618. The predicted molar refractivity (Wildman–Crippen MR) is 124 cm³/mol. The van der Waals surface area contributed by atoms with Crippen LogP contribution in [0.2, 0.25) is 0 Å². The summed E-state index contributed by atoms with van der Waals surface area (Å²) in [5, 5.41) is 30.5. The van der Waals surface area contributed by atoms with Crippen LogP contribution in [0.15, 0.2) is 90.2 Å². The van der Waals surface area contributed by atoms with Gasteiger partial charge in [0.1, 0.15) is 5.69 Å². The number of carbonyl (C=O) groups is 1. The molecular weight excluding hydrogens is 440 g/mol. The molecule has 0 spiro atoms. The summed E-state index contributed by atoms with van der Waals surface area (Å²) in [4.78, 5) is 33.2. The number of rotatable bonds is 7. The minimum atomic E-state index is -0.618. The standard InChI is InChI=1S/C23H16N6O5/c30-23(17-5-4-8-21(13-17)29(33)34)25-24-14-18-15-27(19-6-2-1-3-7-19)26-22(18)16-9-11-20(12-10-16)28(31)32/h1-15H,(H,25,30). The highest BCUT2D eigenvalue weighted by atomic mass is 16.6. The van der Waals surface area contributed by atoms with Crippen molar-refractivity contribution < 1.29 is 14.6 Å². The van der Waals surface area contributed by atoms with Crippen molar-refractivity contribution in [3.05, 3.63) is 116 Å². The van der Waals surface area contributed by atoms with Gasteiger partial charge in [0.2, 0.25) is 0 Å². The summed E-state index contributed by atoms with van der Waals surface area (Å²) < 4.78 is 1.63. The van der Waals surface area contributed by atoms with Gasteiger partial charge in [-0.3, -0.25) is 25.0 Å². The summed E-state index contributed by atoms with van der Waals surface area (Å²) in [5.41, 5.74) is 4.61. The highest BCUT2D eigenvalue weighted by Gasteiger charge is 2.14. The highest BCUT2D eigenvalue weighted by Crippen LogP contribution is 2.25. The molecule has 0 aliphatic heterocycles. The molecule has 1 aromatic heterocycles. The summed E-state index contributed by atoms with van der Waals surface area (Å²) >= 11 is 0. The molecule has 4 aromatic rings. The van der Waals surface area contributed by atoms with Crippen molar-refractivity contribution in [2.24, 2.45) is 5.10 Å². The molecular formula is C23H16N6O5. The lowest BCUT2D eigenvalue weighted by atomic mass is 10.1. The van der Waals surface area contributed by atoms with Crippen LogP contribution in [0.3, 0.4) is 0 Å². The lowest BCUT2D eigenvalue weighted by molar-refractivity contribution is -0.385. The van der Waals surface area contributed by atoms with Crippen molar-refractivity contribution in [3.63, 3.8) is 0 Å². The first kappa shape index (κ1) is 22.0. The van der Waals surface area contributed by atoms with Crippen LogP contribution in [-0.2, 0) is 0 Å². The van der Waals surface area contributed by atoms with Gasteiger partial charge in [-0.15, -0.1) is 0 Å². The number of hydrogen-bond donors (Lipinski definition) is 1. The number of amides is 1. The second-order valence-electron chi connectivity index (χ2n) is 7.02. The first-order valence-electron chi connectivity index (χ1n) is 9.90. The van der Waals surface area contributed by atoms with Gasteiger partial charge in [-0.05, 0) is 30.3 Å². The zero-order valence-electron chi connectivity index (χ0n) is 17.4. The third-order valence-corrected chi connectivity index (χ3v) is 4.80. The fourth-order valence-electron chi connectivity index (χ4n) is 3.15. The fraction of sp³-hybridized carbons (Fsp3) is 0. The average molecular weight is 456 g/mol. The van der Waals surface area contributed by atoms with E-state index in [0.29, 0.717) is 16.8 Å². The number of nitro benzene ring substituents is 2. The molecule has 11 heteroatoms. The molecule has 0 bridgehead atoms. The van der Waals surface area contributed by atoms with Crippen LogP contribution in [0.25, 0.3) is 16.9 Å². The molecule has 0 saturated carbocycles. The van der Waals surface area contributed by atoms with Crippen LogP contribution in [0.1, 0.15) is 15.9 Å². The number of para-hydroxylation sites is 1. The Bertz CT molecular complexity index is 1400. The van der Waals surface area contributed by atoms with Crippen LogP contribution >= 0.6 is 0 Å². The number of nitrogens with zero attached hydrogens (tertiary/aromatic N) is 5. The fourth-order valence-corrected chi connectivity index (χ4v) is 3.15. The molecule has 0 aliphatic carbocycles. The molecule has 0 fully saturated rings. The maximum Gasteiger partial charge on any atom is 0.271 e. The largest absolute Gasteiger partial charge is 0.271 e. The lowest BCUT2D eigenvalue weighted by Gasteiger charge is -2.01. The number of nitrogens with one attached hydrogen (secondary N) is 1. The molecule has 4 rings (SSSR count). The van der Waals surface area contributed by atoms with E-state index in [9.17, 15) is 25.0 Å². The Morgan fingerprint density at radius 3 is 2.29 bits per heavy atom. The van der Waals surface area contributed by atoms with Crippen LogP contribution in [0.4, 0.5) is 11.4 Å². The molecule has 1 heterocycles. The van der Waals surface area contributed by atoms with Gasteiger partial charge in [0, 0.05) is 47.2 Å². The van der Waals surface area contributed by atoms with E-state index >= 15 is 0 Å². The summed E-state index contributed by atoms with van der Waals surface area (Å²) in [6.07, 6.45) is 3.09. The Labute approximate surface area is 192 Å². The number of nitro groups is 2. The summed E-state index contributed by atoms with van der Waals surface area (Å²) in [7, 11) is 0. The van der Waals surface area contributed by atoms with Crippen molar-refractivity contribution in [1.29, 1.82) is 0 Å². The van der Waals surface area contributed by atoms with E-state index in [1.807, 2.05) is 30.3 Å². The first-order chi connectivity index (χ1) is 16.4. The summed E-state index contributed by atoms with van der Waals surface area (Å²) in [6.45, 7) is 0. The van der Waals surface area contributed by atoms with Gasteiger partial charge < -0.3 is 0 Å². The van der Waals surface area contributed by atoms with E-state index in [1.165, 1.54) is 36.5 Å². The molecule has 11 nitrogen and oxygen atoms in total. The molecule has 34 heavy (non-hydrogen) atoms. The molecule has 0 radical (unpaired) electrons. The third-order valence-electron chi connectivity index (χ3n) is 4.80. The number of hydrazone groups is 1. The molecule has 0 atom stereocenters. The van der Waals surface area contributed by atoms with E-state index in [1.54, 1.807) is 23.0 Å². The van der Waals surface area contributed by atoms with Crippen molar-refractivity contribution >= 4 is 23.5 Å². The minimum absolute atomic E-state index is 0.0503. The Hall–Kier alpha value is -5.19. The maximum atomic E-state index is 12.4. The zero-order valence-corrected chi connectivity index (χ0v) is 17.4. The van der Waals surface area contributed by atoms with Gasteiger partial charge in [0.05, 0.1) is 21.7 Å². The van der Waals surface area contributed by atoms with Gasteiger partial charge >= 0.3 is 0 Å². The number of aromatic nitrogens is 2. The normalized spacial score (nSPS) is 10.8. The molecule has 0 saturated heterocycles. The van der Waals surface area contributed by atoms with Gasteiger partial charge in [0.25, 0.3) is 17.3 Å².